The minimum Gasteiger partial charge on any atom is -0.453 e. The van der Waals surface area contributed by atoms with Gasteiger partial charge in [-0.15, -0.1) is 11.3 Å². The summed E-state index contributed by atoms with van der Waals surface area (Å²) in [7, 11) is 2.58. The zero-order chi connectivity index (χ0) is 43.7. The number of likely N-dealkylation sites (tertiary alicyclic amines) is 2. The number of amides is 4. The van der Waals surface area contributed by atoms with E-state index < -0.39 is 24.3 Å². The molecule has 6 heterocycles. The fourth-order valence-corrected chi connectivity index (χ4v) is 9.28. The summed E-state index contributed by atoms with van der Waals surface area (Å²) in [6.07, 6.45) is 7.59. The first-order valence-electron chi connectivity index (χ1n) is 21.0. The van der Waals surface area contributed by atoms with Crippen LogP contribution in [0.2, 0.25) is 0 Å². The largest absolute Gasteiger partial charge is 0.453 e. The van der Waals surface area contributed by atoms with Gasteiger partial charge in [-0.2, -0.15) is 0 Å². The number of carbonyl (C=O) groups is 4. The summed E-state index contributed by atoms with van der Waals surface area (Å²) in [5.74, 6) is 0.892. The van der Waals surface area contributed by atoms with Crippen LogP contribution in [0.1, 0.15) is 77.1 Å². The van der Waals surface area contributed by atoms with Crippen molar-refractivity contribution in [3.8, 4) is 45.0 Å². The molecule has 2 saturated heterocycles. The number of alkyl carbamates (subject to hydrolysis) is 2. The van der Waals surface area contributed by atoms with E-state index >= 15 is 0 Å². The van der Waals surface area contributed by atoms with Crippen molar-refractivity contribution in [3.63, 3.8) is 0 Å². The van der Waals surface area contributed by atoms with E-state index in [1.54, 1.807) is 23.7 Å². The van der Waals surface area contributed by atoms with Gasteiger partial charge in [-0.3, -0.25) is 14.0 Å². The predicted octanol–water partition coefficient (Wildman–Crippen LogP) is 7.60. The van der Waals surface area contributed by atoms with Crippen molar-refractivity contribution in [2.75, 3.05) is 27.3 Å². The van der Waals surface area contributed by atoms with Crippen LogP contribution in [0.4, 0.5) is 9.59 Å². The molecule has 62 heavy (non-hydrogen) atoms. The van der Waals surface area contributed by atoms with Crippen molar-refractivity contribution >= 4 is 40.3 Å². The first kappa shape index (κ1) is 42.2. The van der Waals surface area contributed by atoms with Gasteiger partial charge in [0, 0.05) is 35.8 Å². The van der Waals surface area contributed by atoms with Gasteiger partial charge in [0.05, 0.1) is 61.5 Å². The summed E-state index contributed by atoms with van der Waals surface area (Å²) in [6.45, 7) is 8.77. The molecule has 2 aliphatic rings. The first-order valence-corrected chi connectivity index (χ1v) is 21.9. The number of aromatic amines is 2. The van der Waals surface area contributed by atoms with E-state index in [1.165, 1.54) is 14.2 Å². The molecule has 0 aliphatic carbocycles. The van der Waals surface area contributed by atoms with E-state index in [0.717, 1.165) is 75.7 Å². The number of carbonyl (C=O) groups excluding carboxylic acids is 4. The molecule has 0 radical (unpaired) electrons. The average Bonchev–Trinajstić information content (AvgIpc) is 4.13. The molecule has 4 aromatic heterocycles. The van der Waals surface area contributed by atoms with Crippen LogP contribution in [-0.4, -0.2) is 103 Å². The molecule has 2 aromatic carbocycles. The molecule has 0 spiro atoms. The number of methoxy groups -OCH3 is 2. The van der Waals surface area contributed by atoms with Gasteiger partial charge in [-0.25, -0.2) is 24.5 Å². The number of rotatable bonds is 12. The van der Waals surface area contributed by atoms with Crippen LogP contribution >= 0.6 is 11.3 Å². The lowest BCUT2D eigenvalue weighted by Crippen LogP contribution is -2.51. The van der Waals surface area contributed by atoms with Crippen molar-refractivity contribution in [2.24, 2.45) is 11.8 Å². The smallest absolute Gasteiger partial charge is 0.407 e. The molecule has 1 unspecified atom stereocenters. The highest BCUT2D eigenvalue weighted by Crippen LogP contribution is 2.38. The summed E-state index contributed by atoms with van der Waals surface area (Å²) >= 11 is 1.58. The van der Waals surface area contributed by atoms with Gasteiger partial charge in [-0.1, -0.05) is 76.2 Å². The Labute approximate surface area is 363 Å². The number of nitrogens with one attached hydrogen (secondary N) is 4. The van der Waals surface area contributed by atoms with Crippen LogP contribution in [-0.2, 0) is 19.1 Å². The second kappa shape index (κ2) is 17.8. The minimum atomic E-state index is -0.702. The van der Waals surface area contributed by atoms with Crippen molar-refractivity contribution in [3.05, 3.63) is 84.2 Å². The molecule has 8 rings (SSSR count). The third kappa shape index (κ3) is 8.28. The van der Waals surface area contributed by atoms with E-state index in [4.69, 9.17) is 24.4 Å². The number of nitrogens with zero attached hydrogens (tertiary/aromatic N) is 6. The monoisotopic (exact) mass is 860 g/mol. The number of fused-ring (bicyclic) bond motifs is 1. The molecule has 4 amide bonds. The summed E-state index contributed by atoms with van der Waals surface area (Å²) in [6, 6.07) is 14.7. The van der Waals surface area contributed by atoms with Gasteiger partial charge < -0.3 is 39.9 Å². The average molecular weight is 861 g/mol. The lowest BCUT2D eigenvalue weighted by Gasteiger charge is -2.30. The van der Waals surface area contributed by atoms with E-state index in [9.17, 15) is 19.2 Å². The molecule has 0 bridgehead atoms. The maximum absolute atomic E-state index is 13.7. The van der Waals surface area contributed by atoms with Gasteiger partial charge in [0.25, 0.3) is 0 Å². The standard InChI is InChI=1S/C45H52N10O6S/c1-25(2)35(51-44(58)60-5)41(56)53-19-7-9-33(53)39-46-23-31(48-39)27-11-15-29(16-12-27)37-38(55-21-22-62-43(55)50-37)30-17-13-28(14-18-30)32-24-47-40(49-32)34-10-8-20-54(34)42(57)36(26(3)4)52-45(59)61-6/h11-18,21-26,33-36H,7-10,19-20H2,1-6H3,(H,46,48)(H,47,49)(H,51,58)(H,52,59)/t33-,34?,35-,36-/m0/s1. The number of benzene rings is 2. The van der Waals surface area contributed by atoms with Gasteiger partial charge >= 0.3 is 12.2 Å². The Balaban J connectivity index is 0.989. The Bertz CT molecular complexity index is 2560. The molecule has 4 atom stereocenters. The van der Waals surface area contributed by atoms with Crippen LogP contribution in [0.15, 0.2) is 72.5 Å². The SMILES string of the molecule is COC(=O)N[C@H](C(=O)N1CCCC1c1ncc(-c2ccc(-c3c(-c4ccc(-c5cnc([C@@H]6CCCN6C(=O)[C@@H](NC(=O)OC)C(C)C)[nH]5)cc4)nc4sccn34)cc2)[nH]1)C(C)C. The molecular weight excluding hydrogens is 809 g/mol. The lowest BCUT2D eigenvalue weighted by molar-refractivity contribution is -0.136. The third-order valence-corrected chi connectivity index (χ3v) is 12.6. The number of hydrogen-bond acceptors (Lipinski definition) is 10. The first-order chi connectivity index (χ1) is 29.9. The second-order valence-electron chi connectivity index (χ2n) is 16.5. The number of H-pyrrole nitrogens is 2. The fourth-order valence-electron chi connectivity index (χ4n) is 8.57. The number of ether oxygens (including phenoxy) is 2. The van der Waals surface area contributed by atoms with Crippen LogP contribution < -0.4 is 10.6 Å². The summed E-state index contributed by atoms with van der Waals surface area (Å²) < 4.78 is 11.7. The molecule has 16 nitrogen and oxygen atoms in total. The van der Waals surface area contributed by atoms with Crippen molar-refractivity contribution in [1.82, 2.24) is 49.8 Å². The molecule has 6 aromatic rings. The van der Waals surface area contributed by atoms with Crippen LogP contribution in [0.3, 0.4) is 0 Å². The highest BCUT2D eigenvalue weighted by Gasteiger charge is 2.39. The van der Waals surface area contributed by atoms with Crippen LogP contribution in [0, 0.1) is 11.8 Å². The number of thiazole rings is 1. The van der Waals surface area contributed by atoms with Crippen molar-refractivity contribution in [1.29, 1.82) is 0 Å². The van der Waals surface area contributed by atoms with E-state index in [-0.39, 0.29) is 35.7 Å². The molecule has 4 N–H and O–H groups in total. The summed E-state index contributed by atoms with van der Waals surface area (Å²) in [5, 5.41) is 7.44. The third-order valence-electron chi connectivity index (χ3n) is 11.9. The van der Waals surface area contributed by atoms with E-state index in [1.807, 2.05) is 61.2 Å². The maximum Gasteiger partial charge on any atom is 0.407 e. The van der Waals surface area contributed by atoms with E-state index in [2.05, 4.69) is 61.4 Å². The topological polar surface area (TPSA) is 192 Å². The zero-order valence-corrected chi connectivity index (χ0v) is 36.5. The molecule has 2 fully saturated rings. The Morgan fingerprint density at radius 2 is 1.15 bits per heavy atom. The predicted molar refractivity (Wildman–Crippen MR) is 235 cm³/mol. The van der Waals surface area contributed by atoms with Crippen LogP contribution in [0.25, 0.3) is 50.0 Å². The van der Waals surface area contributed by atoms with Crippen LogP contribution in [0.5, 0.6) is 0 Å². The molecule has 17 heteroatoms. The van der Waals surface area contributed by atoms with Gasteiger partial charge in [0.1, 0.15) is 23.7 Å². The normalized spacial score (nSPS) is 17.5. The number of hydrogen-bond donors (Lipinski definition) is 4. The highest BCUT2D eigenvalue weighted by molar-refractivity contribution is 7.15. The van der Waals surface area contributed by atoms with Crippen molar-refractivity contribution < 1.29 is 28.7 Å². The van der Waals surface area contributed by atoms with Gasteiger partial charge in [-0.05, 0) is 48.6 Å². The molecule has 324 valence electrons. The fraction of sp³-hybridized carbons (Fsp3) is 0.400. The Morgan fingerprint density at radius 1 is 0.694 bits per heavy atom. The van der Waals surface area contributed by atoms with Crippen molar-refractivity contribution in [2.45, 2.75) is 77.5 Å². The Kier molecular flexibility index (Phi) is 12.2. The maximum atomic E-state index is 13.7. The van der Waals surface area contributed by atoms with Gasteiger partial charge in [0.15, 0.2) is 4.96 Å². The summed E-state index contributed by atoms with van der Waals surface area (Å²) in [4.78, 5) is 77.3. The molecule has 0 saturated carbocycles. The zero-order valence-electron chi connectivity index (χ0n) is 35.7. The Hall–Kier alpha value is -6.49. The number of imidazole rings is 3. The van der Waals surface area contributed by atoms with Gasteiger partial charge in [0.2, 0.25) is 11.8 Å². The summed E-state index contributed by atoms with van der Waals surface area (Å²) in [5.41, 5.74) is 7.38. The molecular formula is C45H52N10O6S. The minimum absolute atomic E-state index is 0.117. The quantitative estimate of drug-likeness (QED) is 0.0960. The lowest BCUT2D eigenvalue weighted by atomic mass is 10.0. The second-order valence-corrected chi connectivity index (χ2v) is 17.4. The highest BCUT2D eigenvalue weighted by atomic mass is 32.1. The molecule has 2 aliphatic heterocycles. The van der Waals surface area contributed by atoms with E-state index in [0.29, 0.717) is 24.7 Å². The Morgan fingerprint density at radius 3 is 1.60 bits per heavy atom. The number of aromatic nitrogens is 6.